The maximum absolute atomic E-state index is 10.9. The van der Waals surface area contributed by atoms with E-state index < -0.39 is 5.97 Å². The zero-order valence-corrected chi connectivity index (χ0v) is 10.7. The van der Waals surface area contributed by atoms with Crippen LogP contribution in [0.25, 0.3) is 5.78 Å². The second-order valence-electron chi connectivity index (χ2n) is 4.85. The third kappa shape index (κ3) is 2.21. The Balaban J connectivity index is 1.96. The molecule has 7 nitrogen and oxygen atoms in total. The molecule has 1 saturated heterocycles. The van der Waals surface area contributed by atoms with Gasteiger partial charge in [-0.2, -0.15) is 4.98 Å². The molecule has 0 saturated carbocycles. The summed E-state index contributed by atoms with van der Waals surface area (Å²) in [4.78, 5) is 19.7. The number of aromatic amines is 1. The summed E-state index contributed by atoms with van der Waals surface area (Å²) >= 11 is 0. The first-order valence-electron chi connectivity index (χ1n) is 6.38. The monoisotopic (exact) mass is 264 g/mol. The lowest BCUT2D eigenvalue weighted by molar-refractivity contribution is -0.136. The molecule has 0 amide bonds. The van der Waals surface area contributed by atoms with Crippen molar-refractivity contribution < 1.29 is 14.6 Å². The fraction of sp³-hybridized carbons (Fsp3) is 0.583. The van der Waals surface area contributed by atoms with Crippen LogP contribution in [0.1, 0.15) is 36.0 Å². The van der Waals surface area contributed by atoms with Gasteiger partial charge in [0.05, 0.1) is 17.8 Å². The highest BCUT2D eigenvalue weighted by atomic mass is 16.5. The van der Waals surface area contributed by atoms with E-state index in [9.17, 15) is 4.79 Å². The number of carboxylic acids is 1. The Labute approximate surface area is 109 Å². The summed E-state index contributed by atoms with van der Waals surface area (Å²) in [5, 5.41) is 12.1. The minimum absolute atomic E-state index is 0.0532. The van der Waals surface area contributed by atoms with Gasteiger partial charge in [0.25, 0.3) is 5.78 Å². The van der Waals surface area contributed by atoms with Crippen LogP contribution in [0.2, 0.25) is 0 Å². The molecule has 1 aliphatic heterocycles. The second-order valence-corrected chi connectivity index (χ2v) is 4.85. The summed E-state index contributed by atoms with van der Waals surface area (Å²) in [5.41, 5.74) is 1.37. The zero-order valence-electron chi connectivity index (χ0n) is 10.7. The lowest BCUT2D eigenvalue weighted by Gasteiger charge is -2.19. The molecule has 1 aliphatic rings. The predicted octanol–water partition coefficient (Wildman–Crippen LogP) is 0.887. The molecule has 0 spiro atoms. The molecule has 0 atom stereocenters. The van der Waals surface area contributed by atoms with Crippen molar-refractivity contribution in [3.8, 4) is 0 Å². The van der Waals surface area contributed by atoms with Crippen molar-refractivity contribution in [2.45, 2.75) is 32.1 Å². The standard InChI is InChI=1S/C12H16N4O3/c1-7-9(6-10(17)18)16-12(13-7)14-11(15-16)8-2-4-19-5-3-8/h8H,2-6H2,1H3,(H,17,18)(H,13,14,15). The van der Waals surface area contributed by atoms with Crippen LogP contribution in [-0.4, -0.2) is 43.9 Å². The van der Waals surface area contributed by atoms with E-state index in [4.69, 9.17) is 9.84 Å². The number of carbonyl (C=O) groups is 1. The van der Waals surface area contributed by atoms with Gasteiger partial charge in [0, 0.05) is 19.1 Å². The van der Waals surface area contributed by atoms with Crippen molar-refractivity contribution in [3.05, 3.63) is 17.2 Å². The van der Waals surface area contributed by atoms with Gasteiger partial charge in [0.2, 0.25) is 0 Å². The maximum atomic E-state index is 10.9. The van der Waals surface area contributed by atoms with Crippen LogP contribution in [0.4, 0.5) is 0 Å². The summed E-state index contributed by atoms with van der Waals surface area (Å²) < 4.78 is 7.02. The van der Waals surface area contributed by atoms with Crippen molar-refractivity contribution in [1.29, 1.82) is 0 Å². The number of hydrogen-bond acceptors (Lipinski definition) is 4. The van der Waals surface area contributed by atoms with Crippen molar-refractivity contribution in [2.75, 3.05) is 13.2 Å². The molecule has 3 rings (SSSR count). The van der Waals surface area contributed by atoms with E-state index in [0.29, 0.717) is 23.1 Å². The predicted molar refractivity (Wildman–Crippen MR) is 66.2 cm³/mol. The minimum Gasteiger partial charge on any atom is -0.481 e. The Morgan fingerprint density at radius 1 is 1.47 bits per heavy atom. The molecular weight excluding hydrogens is 248 g/mol. The zero-order chi connectivity index (χ0) is 13.4. The highest BCUT2D eigenvalue weighted by Crippen LogP contribution is 2.25. The van der Waals surface area contributed by atoms with E-state index in [-0.39, 0.29) is 6.42 Å². The quantitative estimate of drug-likeness (QED) is 0.858. The van der Waals surface area contributed by atoms with Gasteiger partial charge >= 0.3 is 5.97 Å². The number of nitrogens with zero attached hydrogens (tertiary/aromatic N) is 3. The Morgan fingerprint density at radius 2 is 2.21 bits per heavy atom. The molecule has 7 heteroatoms. The number of aryl methyl sites for hydroxylation is 1. The van der Waals surface area contributed by atoms with Gasteiger partial charge in [-0.25, -0.2) is 9.50 Å². The van der Waals surface area contributed by atoms with Gasteiger partial charge in [-0.15, -0.1) is 0 Å². The van der Waals surface area contributed by atoms with Crippen LogP contribution < -0.4 is 0 Å². The first-order valence-corrected chi connectivity index (χ1v) is 6.38. The molecule has 2 aromatic heterocycles. The lowest BCUT2D eigenvalue weighted by Crippen LogP contribution is -2.15. The number of aromatic nitrogens is 4. The summed E-state index contributed by atoms with van der Waals surface area (Å²) in [6.07, 6.45) is 1.82. The van der Waals surface area contributed by atoms with Crippen molar-refractivity contribution in [1.82, 2.24) is 19.6 Å². The van der Waals surface area contributed by atoms with Crippen molar-refractivity contribution in [3.63, 3.8) is 0 Å². The van der Waals surface area contributed by atoms with E-state index in [0.717, 1.165) is 31.9 Å². The molecule has 102 valence electrons. The summed E-state index contributed by atoms with van der Waals surface area (Å²) in [5.74, 6) is 0.897. The highest BCUT2D eigenvalue weighted by Gasteiger charge is 2.22. The largest absolute Gasteiger partial charge is 0.481 e. The smallest absolute Gasteiger partial charge is 0.309 e. The number of fused-ring (bicyclic) bond motifs is 1. The first-order chi connectivity index (χ1) is 9.15. The maximum Gasteiger partial charge on any atom is 0.309 e. The van der Waals surface area contributed by atoms with E-state index in [1.54, 1.807) is 11.4 Å². The molecule has 19 heavy (non-hydrogen) atoms. The SMILES string of the molecule is Cc1nc2nc(C3CCOCC3)[nH]n2c1CC(=O)O. The van der Waals surface area contributed by atoms with E-state index in [1.807, 2.05) is 0 Å². The van der Waals surface area contributed by atoms with E-state index in [2.05, 4.69) is 15.1 Å². The molecule has 2 N–H and O–H groups in total. The van der Waals surface area contributed by atoms with E-state index >= 15 is 0 Å². The first kappa shape index (κ1) is 12.2. The second kappa shape index (κ2) is 4.65. The van der Waals surface area contributed by atoms with Gasteiger partial charge in [-0.3, -0.25) is 9.89 Å². The molecular formula is C12H16N4O3. The molecule has 0 bridgehead atoms. The highest BCUT2D eigenvalue weighted by molar-refractivity contribution is 5.70. The average molecular weight is 264 g/mol. The van der Waals surface area contributed by atoms with Crippen LogP contribution in [0.15, 0.2) is 0 Å². The minimum atomic E-state index is -0.868. The number of H-pyrrole nitrogens is 1. The number of imidazole rings is 1. The van der Waals surface area contributed by atoms with Gasteiger partial charge in [0.15, 0.2) is 0 Å². The number of rotatable bonds is 3. The Bertz CT molecular complexity index is 610. The summed E-state index contributed by atoms with van der Waals surface area (Å²) in [6.45, 7) is 3.29. The van der Waals surface area contributed by atoms with Gasteiger partial charge in [-0.05, 0) is 19.8 Å². The van der Waals surface area contributed by atoms with Crippen LogP contribution in [0, 0.1) is 6.92 Å². The molecule has 0 radical (unpaired) electrons. The number of hydrogen-bond donors (Lipinski definition) is 2. The molecule has 3 heterocycles. The molecule has 0 aromatic carbocycles. The average Bonchev–Trinajstić information content (AvgIpc) is 2.90. The fourth-order valence-corrected chi connectivity index (χ4v) is 2.49. The third-order valence-corrected chi connectivity index (χ3v) is 3.53. The Kier molecular flexibility index (Phi) is 2.98. The topological polar surface area (TPSA) is 92.5 Å². The fourth-order valence-electron chi connectivity index (χ4n) is 2.49. The number of nitrogens with one attached hydrogen (secondary N) is 1. The van der Waals surface area contributed by atoms with Crippen molar-refractivity contribution >= 4 is 11.7 Å². The molecule has 0 aliphatic carbocycles. The Morgan fingerprint density at radius 3 is 2.89 bits per heavy atom. The van der Waals surface area contributed by atoms with Crippen LogP contribution in [0.3, 0.4) is 0 Å². The Hall–Kier alpha value is -1.89. The van der Waals surface area contributed by atoms with Crippen LogP contribution in [0.5, 0.6) is 0 Å². The number of aliphatic carboxylic acids is 1. The molecule has 2 aromatic rings. The third-order valence-electron chi connectivity index (χ3n) is 3.53. The van der Waals surface area contributed by atoms with Crippen LogP contribution in [-0.2, 0) is 16.0 Å². The van der Waals surface area contributed by atoms with Crippen LogP contribution >= 0.6 is 0 Å². The number of ether oxygens (including phenoxy) is 1. The molecule has 1 fully saturated rings. The normalized spacial score (nSPS) is 17.1. The van der Waals surface area contributed by atoms with Crippen molar-refractivity contribution in [2.24, 2.45) is 0 Å². The lowest BCUT2D eigenvalue weighted by atomic mass is 10.00. The number of carboxylic acid groups (broad SMARTS) is 1. The van der Waals surface area contributed by atoms with Gasteiger partial charge < -0.3 is 9.84 Å². The molecule has 0 unspecified atom stereocenters. The van der Waals surface area contributed by atoms with Gasteiger partial charge in [-0.1, -0.05) is 0 Å². The summed E-state index contributed by atoms with van der Waals surface area (Å²) in [7, 11) is 0. The van der Waals surface area contributed by atoms with Gasteiger partial charge in [0.1, 0.15) is 5.82 Å². The summed E-state index contributed by atoms with van der Waals surface area (Å²) in [6, 6.07) is 0. The van der Waals surface area contributed by atoms with E-state index in [1.165, 1.54) is 0 Å².